The highest BCUT2D eigenvalue weighted by Gasteiger charge is 2.19. The molecule has 5 heteroatoms. The number of rotatable bonds is 2. The molecule has 1 aliphatic heterocycles. The number of likely N-dealkylation sites (N-methyl/N-ethyl adjacent to an activating group) is 1. The van der Waals surface area contributed by atoms with Gasteiger partial charge in [0.1, 0.15) is 5.76 Å². The Morgan fingerprint density at radius 1 is 1.37 bits per heavy atom. The summed E-state index contributed by atoms with van der Waals surface area (Å²) < 4.78 is 5.84. The van der Waals surface area contributed by atoms with Crippen LogP contribution < -0.4 is 5.32 Å². The van der Waals surface area contributed by atoms with E-state index in [9.17, 15) is 0 Å². The fraction of sp³-hybridized carbons (Fsp3) is 0.429. The van der Waals surface area contributed by atoms with Gasteiger partial charge in [0.2, 0.25) is 0 Å². The monoisotopic (exact) mass is 298 g/mol. The molecule has 1 atom stereocenters. The van der Waals surface area contributed by atoms with E-state index in [-0.39, 0.29) is 0 Å². The predicted molar refractivity (Wildman–Crippen MR) is 79.2 cm³/mol. The third-order valence-corrected chi connectivity index (χ3v) is 3.99. The van der Waals surface area contributed by atoms with Crippen molar-refractivity contribution in [3.8, 4) is 0 Å². The molecule has 0 amide bonds. The summed E-state index contributed by atoms with van der Waals surface area (Å²) in [5, 5.41) is 5.69. The smallest absolute Gasteiger partial charge is 0.152 e. The van der Waals surface area contributed by atoms with Crippen molar-refractivity contribution >= 4 is 34.2 Å². The van der Waals surface area contributed by atoms with Crippen LogP contribution in [0.25, 0.3) is 11.0 Å². The van der Waals surface area contributed by atoms with Crippen LogP contribution in [0.4, 0.5) is 0 Å². The van der Waals surface area contributed by atoms with Crippen molar-refractivity contribution in [1.82, 2.24) is 10.2 Å². The van der Waals surface area contributed by atoms with E-state index in [1.807, 2.05) is 12.1 Å². The lowest BCUT2D eigenvalue weighted by atomic mass is 10.1. The molecule has 1 N–H and O–H groups in total. The Labute approximate surface area is 122 Å². The van der Waals surface area contributed by atoms with E-state index in [0.717, 1.165) is 42.8 Å². The summed E-state index contributed by atoms with van der Waals surface area (Å²) in [6, 6.07) is 6.05. The summed E-state index contributed by atoms with van der Waals surface area (Å²) in [4.78, 5) is 2.33. The van der Waals surface area contributed by atoms with Crippen LogP contribution in [0.1, 0.15) is 5.76 Å². The molecule has 102 valence electrons. The molecule has 1 aliphatic rings. The van der Waals surface area contributed by atoms with E-state index in [0.29, 0.717) is 16.1 Å². The normalized spacial score (nSPS) is 21.1. The summed E-state index contributed by atoms with van der Waals surface area (Å²) in [7, 11) is 2.14. The summed E-state index contributed by atoms with van der Waals surface area (Å²) >= 11 is 12.1. The van der Waals surface area contributed by atoms with Gasteiger partial charge in [-0.05, 0) is 25.2 Å². The van der Waals surface area contributed by atoms with Gasteiger partial charge in [-0.25, -0.2) is 0 Å². The van der Waals surface area contributed by atoms with Gasteiger partial charge in [0, 0.05) is 42.5 Å². The third-order valence-electron chi connectivity index (χ3n) is 3.49. The highest BCUT2D eigenvalue weighted by atomic mass is 35.5. The summed E-state index contributed by atoms with van der Waals surface area (Å²) in [6.45, 7) is 3.15. The van der Waals surface area contributed by atoms with Crippen LogP contribution in [-0.2, 0) is 6.42 Å². The van der Waals surface area contributed by atoms with Crippen molar-refractivity contribution in [2.45, 2.75) is 12.5 Å². The number of benzene rings is 1. The second-order valence-corrected chi connectivity index (χ2v) is 5.98. The average molecular weight is 299 g/mol. The van der Waals surface area contributed by atoms with Gasteiger partial charge in [0.05, 0.1) is 5.02 Å². The summed E-state index contributed by atoms with van der Waals surface area (Å²) in [5.74, 6) is 0.951. The standard InChI is InChI=1S/C14H16Cl2N2O/c1-18-3-2-17-11(8-18)7-12-5-9-4-10(15)6-13(16)14(9)19-12/h4-6,11,17H,2-3,7-8H2,1H3/t11-/m0/s1. The van der Waals surface area contributed by atoms with Gasteiger partial charge in [0.25, 0.3) is 0 Å². The third kappa shape index (κ3) is 2.90. The first-order chi connectivity index (χ1) is 9.11. The molecule has 1 aromatic carbocycles. The largest absolute Gasteiger partial charge is 0.459 e. The first-order valence-corrected chi connectivity index (χ1v) is 7.17. The Morgan fingerprint density at radius 2 is 2.21 bits per heavy atom. The number of halogens is 2. The molecule has 3 nitrogen and oxygen atoms in total. The number of hydrogen-bond donors (Lipinski definition) is 1. The van der Waals surface area contributed by atoms with Crippen LogP contribution in [0, 0.1) is 0 Å². The first-order valence-electron chi connectivity index (χ1n) is 6.41. The van der Waals surface area contributed by atoms with Gasteiger partial charge in [-0.15, -0.1) is 0 Å². The van der Waals surface area contributed by atoms with E-state index in [1.165, 1.54) is 0 Å². The Kier molecular flexibility index (Phi) is 3.72. The highest BCUT2D eigenvalue weighted by Crippen LogP contribution is 2.30. The van der Waals surface area contributed by atoms with Gasteiger partial charge in [0.15, 0.2) is 5.58 Å². The van der Waals surface area contributed by atoms with E-state index in [4.69, 9.17) is 27.6 Å². The molecular weight excluding hydrogens is 283 g/mol. The van der Waals surface area contributed by atoms with E-state index in [2.05, 4.69) is 17.3 Å². The quantitative estimate of drug-likeness (QED) is 0.923. The number of piperazine rings is 1. The minimum absolute atomic E-state index is 0.425. The minimum atomic E-state index is 0.425. The molecule has 0 aliphatic carbocycles. The lowest BCUT2D eigenvalue weighted by molar-refractivity contribution is 0.233. The zero-order chi connectivity index (χ0) is 13.4. The van der Waals surface area contributed by atoms with Crippen molar-refractivity contribution in [2.75, 3.05) is 26.7 Å². The van der Waals surface area contributed by atoms with Crippen molar-refractivity contribution in [1.29, 1.82) is 0 Å². The highest BCUT2D eigenvalue weighted by molar-refractivity contribution is 6.38. The molecule has 3 rings (SSSR count). The molecule has 0 saturated carbocycles. The molecule has 0 radical (unpaired) electrons. The Balaban J connectivity index is 1.83. The van der Waals surface area contributed by atoms with Gasteiger partial charge >= 0.3 is 0 Å². The average Bonchev–Trinajstić information content (AvgIpc) is 2.71. The van der Waals surface area contributed by atoms with Crippen molar-refractivity contribution in [3.63, 3.8) is 0 Å². The van der Waals surface area contributed by atoms with Gasteiger partial charge in [-0.3, -0.25) is 0 Å². The number of hydrogen-bond acceptors (Lipinski definition) is 3. The summed E-state index contributed by atoms with van der Waals surface area (Å²) in [5.41, 5.74) is 0.727. The van der Waals surface area contributed by atoms with Crippen LogP contribution in [0.15, 0.2) is 22.6 Å². The van der Waals surface area contributed by atoms with Crippen LogP contribution >= 0.6 is 23.2 Å². The fourth-order valence-corrected chi connectivity index (χ4v) is 3.15. The van der Waals surface area contributed by atoms with Gasteiger partial charge in [-0.1, -0.05) is 23.2 Å². The summed E-state index contributed by atoms with van der Waals surface area (Å²) in [6.07, 6.45) is 0.868. The number of nitrogens with zero attached hydrogens (tertiary/aromatic N) is 1. The number of nitrogens with one attached hydrogen (secondary N) is 1. The molecule has 1 saturated heterocycles. The zero-order valence-corrected chi connectivity index (χ0v) is 12.3. The van der Waals surface area contributed by atoms with Crippen molar-refractivity contribution in [3.05, 3.63) is 34.0 Å². The molecule has 2 aromatic rings. The molecule has 0 spiro atoms. The molecule has 0 unspecified atom stereocenters. The van der Waals surface area contributed by atoms with Crippen LogP contribution in [-0.4, -0.2) is 37.6 Å². The molecule has 19 heavy (non-hydrogen) atoms. The van der Waals surface area contributed by atoms with Crippen LogP contribution in [0.5, 0.6) is 0 Å². The Bertz CT molecular complexity index is 596. The minimum Gasteiger partial charge on any atom is -0.459 e. The topological polar surface area (TPSA) is 28.4 Å². The molecule has 1 fully saturated rings. The Morgan fingerprint density at radius 3 is 3.00 bits per heavy atom. The van der Waals surface area contributed by atoms with Gasteiger partial charge in [-0.2, -0.15) is 0 Å². The van der Waals surface area contributed by atoms with Crippen molar-refractivity contribution in [2.24, 2.45) is 0 Å². The molecule has 2 heterocycles. The van der Waals surface area contributed by atoms with E-state index in [1.54, 1.807) is 6.07 Å². The van der Waals surface area contributed by atoms with Gasteiger partial charge < -0.3 is 14.6 Å². The lowest BCUT2D eigenvalue weighted by Gasteiger charge is -2.30. The van der Waals surface area contributed by atoms with E-state index < -0.39 is 0 Å². The van der Waals surface area contributed by atoms with Crippen LogP contribution in [0.2, 0.25) is 10.0 Å². The maximum atomic E-state index is 6.14. The second-order valence-electron chi connectivity index (χ2n) is 5.14. The maximum Gasteiger partial charge on any atom is 0.152 e. The number of furan rings is 1. The number of fused-ring (bicyclic) bond motifs is 1. The second kappa shape index (κ2) is 5.33. The molecular formula is C14H16Cl2N2O. The SMILES string of the molecule is CN1CCN[C@@H](Cc2cc3cc(Cl)cc(Cl)c3o2)C1. The van der Waals surface area contributed by atoms with Crippen LogP contribution in [0.3, 0.4) is 0 Å². The lowest BCUT2D eigenvalue weighted by Crippen LogP contribution is -2.49. The molecule has 0 bridgehead atoms. The van der Waals surface area contributed by atoms with E-state index >= 15 is 0 Å². The maximum absolute atomic E-state index is 6.14. The predicted octanol–water partition coefficient (Wildman–Crippen LogP) is 3.19. The Hall–Kier alpha value is -0.740. The van der Waals surface area contributed by atoms with Crippen molar-refractivity contribution < 1.29 is 4.42 Å². The first kappa shape index (κ1) is 13.3. The zero-order valence-electron chi connectivity index (χ0n) is 10.7. The fourth-order valence-electron chi connectivity index (χ4n) is 2.60. The molecule has 1 aromatic heterocycles.